The van der Waals surface area contributed by atoms with Crippen LogP contribution in [0.1, 0.15) is 34.1 Å². The third kappa shape index (κ3) is 5.09. The van der Waals surface area contributed by atoms with E-state index in [0.29, 0.717) is 10.6 Å². The van der Waals surface area contributed by atoms with Gasteiger partial charge in [0.25, 0.3) is 11.6 Å². The molecule has 0 unspecified atom stereocenters. The number of ketones is 1. The lowest BCUT2D eigenvalue weighted by Crippen LogP contribution is -2.43. The Morgan fingerprint density at radius 3 is 2.50 bits per heavy atom. The van der Waals surface area contributed by atoms with Crippen molar-refractivity contribution in [2.45, 2.75) is 19.4 Å². The predicted octanol–water partition coefficient (Wildman–Crippen LogP) is 2.56. The number of amides is 2. The first kappa shape index (κ1) is 22.9. The second-order valence-electron chi connectivity index (χ2n) is 7.07. The zero-order valence-corrected chi connectivity index (χ0v) is 17.6. The molecular formula is C21H18ClN3O7. The number of para-hydroxylation sites is 1. The van der Waals surface area contributed by atoms with E-state index in [4.69, 9.17) is 16.3 Å². The number of rotatable bonds is 7. The van der Waals surface area contributed by atoms with Crippen LogP contribution in [0, 0.1) is 16.0 Å². The SMILES string of the molecule is C[C@H](OC(=O)[C@@H]1CC(=O)N(NC(=O)c2ccccc2[N+](=O)[O-])C1)C(=O)c1ccc(Cl)cc1. The molecule has 0 spiro atoms. The van der Waals surface area contributed by atoms with Crippen LogP contribution in [0.3, 0.4) is 0 Å². The van der Waals surface area contributed by atoms with Crippen LogP contribution >= 0.6 is 11.6 Å². The fraction of sp³-hybridized carbons (Fsp3) is 0.238. The highest BCUT2D eigenvalue weighted by Crippen LogP contribution is 2.22. The summed E-state index contributed by atoms with van der Waals surface area (Å²) in [4.78, 5) is 59.9. The Bertz CT molecular complexity index is 1090. The lowest BCUT2D eigenvalue weighted by Gasteiger charge is -2.18. The van der Waals surface area contributed by atoms with Crippen molar-refractivity contribution in [1.82, 2.24) is 10.4 Å². The summed E-state index contributed by atoms with van der Waals surface area (Å²) in [6.07, 6.45) is -1.33. The standard InChI is InChI=1S/C21H18ClN3O7/c1-12(19(27)13-6-8-15(22)9-7-13)32-21(29)14-10-18(26)24(11-14)23-20(28)16-4-2-3-5-17(16)25(30)31/h2-9,12,14H,10-11H2,1H3,(H,23,28)/t12-,14+/m0/s1. The van der Waals surface area contributed by atoms with E-state index in [2.05, 4.69) is 5.43 Å². The number of Topliss-reactive ketones (excluding diaryl/α,β-unsaturated/α-hetero) is 1. The molecule has 0 radical (unpaired) electrons. The van der Waals surface area contributed by atoms with Crippen molar-refractivity contribution in [3.8, 4) is 0 Å². The van der Waals surface area contributed by atoms with E-state index in [0.717, 1.165) is 5.01 Å². The number of carbonyl (C=O) groups is 4. The highest BCUT2D eigenvalue weighted by Gasteiger charge is 2.38. The molecule has 11 heteroatoms. The Balaban J connectivity index is 1.61. The highest BCUT2D eigenvalue weighted by molar-refractivity contribution is 6.30. The number of benzene rings is 2. The van der Waals surface area contributed by atoms with Crippen molar-refractivity contribution in [2.75, 3.05) is 6.54 Å². The zero-order valence-electron chi connectivity index (χ0n) is 16.8. The summed E-state index contributed by atoms with van der Waals surface area (Å²) in [6, 6.07) is 11.4. The van der Waals surface area contributed by atoms with E-state index in [1.165, 1.54) is 55.5 Å². The van der Waals surface area contributed by atoms with Crippen molar-refractivity contribution < 1.29 is 28.8 Å². The van der Waals surface area contributed by atoms with Crippen LogP contribution < -0.4 is 5.43 Å². The molecule has 2 atom stereocenters. The van der Waals surface area contributed by atoms with Crippen LogP contribution in [0.15, 0.2) is 48.5 Å². The summed E-state index contributed by atoms with van der Waals surface area (Å²) < 4.78 is 5.22. The van der Waals surface area contributed by atoms with Gasteiger partial charge in [0.05, 0.1) is 17.4 Å². The number of carbonyl (C=O) groups excluding carboxylic acids is 4. The molecule has 1 fully saturated rings. The van der Waals surface area contributed by atoms with Crippen LogP contribution in [0.5, 0.6) is 0 Å². The van der Waals surface area contributed by atoms with Gasteiger partial charge in [-0.05, 0) is 37.3 Å². The molecule has 2 amide bonds. The normalized spacial score (nSPS) is 16.4. The van der Waals surface area contributed by atoms with E-state index in [-0.39, 0.29) is 18.5 Å². The first-order chi connectivity index (χ1) is 15.2. The highest BCUT2D eigenvalue weighted by atomic mass is 35.5. The molecule has 166 valence electrons. The van der Waals surface area contributed by atoms with Gasteiger partial charge in [-0.15, -0.1) is 0 Å². The smallest absolute Gasteiger partial charge is 0.312 e. The van der Waals surface area contributed by atoms with E-state index in [1.807, 2.05) is 0 Å². The van der Waals surface area contributed by atoms with Gasteiger partial charge in [0.2, 0.25) is 11.7 Å². The molecule has 2 aromatic rings. The molecule has 10 nitrogen and oxygen atoms in total. The molecule has 1 saturated heterocycles. The number of nitro groups is 1. The van der Waals surface area contributed by atoms with Gasteiger partial charge in [-0.3, -0.25) is 39.7 Å². The van der Waals surface area contributed by atoms with Gasteiger partial charge < -0.3 is 4.74 Å². The Hall–Kier alpha value is -3.79. The second-order valence-corrected chi connectivity index (χ2v) is 7.51. The quantitative estimate of drug-likeness (QED) is 0.291. The molecule has 0 aliphatic carbocycles. The van der Waals surface area contributed by atoms with Gasteiger partial charge >= 0.3 is 5.97 Å². The second kappa shape index (κ2) is 9.56. The Kier molecular flexibility index (Phi) is 6.84. The number of hydrogen-bond donors (Lipinski definition) is 1. The largest absolute Gasteiger partial charge is 0.454 e. The zero-order chi connectivity index (χ0) is 23.4. The summed E-state index contributed by atoms with van der Waals surface area (Å²) in [5.74, 6) is -3.52. The van der Waals surface area contributed by atoms with Gasteiger partial charge in [0.15, 0.2) is 6.10 Å². The maximum atomic E-state index is 12.5. The van der Waals surface area contributed by atoms with E-state index in [9.17, 15) is 29.3 Å². The molecular weight excluding hydrogens is 442 g/mol. The number of halogens is 1. The Morgan fingerprint density at radius 2 is 1.84 bits per heavy atom. The molecule has 1 N–H and O–H groups in total. The van der Waals surface area contributed by atoms with E-state index in [1.54, 1.807) is 0 Å². The number of nitrogens with one attached hydrogen (secondary N) is 1. The van der Waals surface area contributed by atoms with Crippen LogP contribution in [-0.2, 0) is 14.3 Å². The van der Waals surface area contributed by atoms with Crippen LogP contribution in [0.4, 0.5) is 5.69 Å². The minimum atomic E-state index is -1.09. The summed E-state index contributed by atoms with van der Waals surface area (Å²) in [7, 11) is 0. The van der Waals surface area contributed by atoms with E-state index < -0.39 is 46.2 Å². The van der Waals surface area contributed by atoms with Crippen molar-refractivity contribution in [2.24, 2.45) is 5.92 Å². The minimum Gasteiger partial charge on any atom is -0.454 e. The predicted molar refractivity (Wildman–Crippen MR) is 112 cm³/mol. The van der Waals surface area contributed by atoms with Crippen molar-refractivity contribution in [3.63, 3.8) is 0 Å². The van der Waals surface area contributed by atoms with Gasteiger partial charge in [-0.2, -0.15) is 0 Å². The molecule has 32 heavy (non-hydrogen) atoms. The maximum Gasteiger partial charge on any atom is 0.312 e. The number of esters is 1. The van der Waals surface area contributed by atoms with Gasteiger partial charge in [-0.25, -0.2) is 0 Å². The minimum absolute atomic E-state index is 0.189. The lowest BCUT2D eigenvalue weighted by atomic mass is 10.1. The number of nitrogens with zero attached hydrogens (tertiary/aromatic N) is 2. The summed E-state index contributed by atoms with van der Waals surface area (Å²) in [5.41, 5.74) is 1.96. The number of hydrogen-bond acceptors (Lipinski definition) is 7. The third-order valence-electron chi connectivity index (χ3n) is 4.83. The Labute approximate surface area is 187 Å². The number of ether oxygens (including phenoxy) is 1. The average molecular weight is 460 g/mol. The monoisotopic (exact) mass is 459 g/mol. The summed E-state index contributed by atoms with van der Waals surface area (Å²) >= 11 is 5.80. The topological polar surface area (TPSA) is 136 Å². The molecule has 1 heterocycles. The van der Waals surface area contributed by atoms with Crippen LogP contribution in [-0.4, -0.2) is 46.1 Å². The fourth-order valence-electron chi connectivity index (χ4n) is 3.15. The third-order valence-corrected chi connectivity index (χ3v) is 5.08. The molecule has 2 aromatic carbocycles. The number of hydrazine groups is 1. The molecule has 1 aliphatic rings. The van der Waals surface area contributed by atoms with Gasteiger partial charge in [0, 0.05) is 23.1 Å². The average Bonchev–Trinajstić information content (AvgIpc) is 3.14. The number of nitro benzene ring substituents is 1. The molecule has 3 rings (SSSR count). The van der Waals surface area contributed by atoms with Crippen molar-refractivity contribution >= 4 is 40.9 Å². The van der Waals surface area contributed by atoms with Crippen molar-refractivity contribution in [3.05, 3.63) is 74.8 Å². The fourth-order valence-corrected chi connectivity index (χ4v) is 3.28. The molecule has 1 aliphatic heterocycles. The summed E-state index contributed by atoms with van der Waals surface area (Å²) in [6.45, 7) is 1.23. The van der Waals surface area contributed by atoms with Crippen LogP contribution in [0.2, 0.25) is 5.02 Å². The summed E-state index contributed by atoms with van der Waals surface area (Å²) in [5, 5.41) is 12.5. The van der Waals surface area contributed by atoms with E-state index >= 15 is 0 Å². The Morgan fingerprint density at radius 1 is 1.19 bits per heavy atom. The van der Waals surface area contributed by atoms with Crippen molar-refractivity contribution in [1.29, 1.82) is 0 Å². The lowest BCUT2D eigenvalue weighted by molar-refractivity contribution is -0.385. The maximum absolute atomic E-state index is 12.5. The molecule has 0 aromatic heterocycles. The first-order valence-corrected chi connectivity index (χ1v) is 9.90. The van der Waals surface area contributed by atoms with Gasteiger partial charge in [-0.1, -0.05) is 23.7 Å². The van der Waals surface area contributed by atoms with Gasteiger partial charge in [0.1, 0.15) is 5.56 Å². The molecule has 0 saturated carbocycles. The molecule has 0 bridgehead atoms. The first-order valence-electron chi connectivity index (χ1n) is 9.52. The van der Waals surface area contributed by atoms with Crippen LogP contribution in [0.25, 0.3) is 0 Å².